The van der Waals surface area contributed by atoms with Crippen molar-refractivity contribution in [2.45, 2.75) is 19.5 Å². The molecule has 1 atom stereocenters. The van der Waals surface area contributed by atoms with E-state index >= 15 is 0 Å². The second kappa shape index (κ2) is 8.77. The van der Waals surface area contributed by atoms with Crippen molar-refractivity contribution in [3.8, 4) is 11.5 Å². The number of rotatable bonds is 6. The van der Waals surface area contributed by atoms with Gasteiger partial charge >= 0.3 is 0 Å². The minimum absolute atomic E-state index is 0.259. The maximum Gasteiger partial charge on any atom is 0.231 e. The number of ether oxygens (including phenoxy) is 2. The predicted molar refractivity (Wildman–Crippen MR) is 108 cm³/mol. The smallest absolute Gasteiger partial charge is 0.231 e. The van der Waals surface area contributed by atoms with Crippen molar-refractivity contribution in [2.75, 3.05) is 34.5 Å². The van der Waals surface area contributed by atoms with Crippen molar-refractivity contribution in [2.24, 2.45) is 4.99 Å². The number of aryl methyl sites for hydroxylation is 1. The molecule has 3 rings (SSSR count). The Hall–Kier alpha value is -2.73. The van der Waals surface area contributed by atoms with Crippen LogP contribution in [0, 0.1) is 6.92 Å². The van der Waals surface area contributed by atoms with E-state index in [9.17, 15) is 0 Å². The molecule has 1 unspecified atom stereocenters. The third-order valence-electron chi connectivity index (χ3n) is 4.67. The van der Waals surface area contributed by atoms with E-state index in [1.165, 1.54) is 11.1 Å². The highest BCUT2D eigenvalue weighted by Gasteiger charge is 2.15. The Morgan fingerprint density at radius 3 is 2.52 bits per heavy atom. The minimum Gasteiger partial charge on any atom is -0.454 e. The summed E-state index contributed by atoms with van der Waals surface area (Å²) in [5.74, 6) is 2.36. The van der Waals surface area contributed by atoms with Crippen LogP contribution in [0.1, 0.15) is 22.7 Å². The van der Waals surface area contributed by atoms with E-state index in [1.54, 1.807) is 7.05 Å². The van der Waals surface area contributed by atoms with Crippen LogP contribution in [-0.4, -0.2) is 45.3 Å². The van der Waals surface area contributed by atoms with Gasteiger partial charge in [0, 0.05) is 20.1 Å². The van der Waals surface area contributed by atoms with Gasteiger partial charge in [0.1, 0.15) is 0 Å². The summed E-state index contributed by atoms with van der Waals surface area (Å²) in [5, 5.41) is 6.78. The van der Waals surface area contributed by atoms with Gasteiger partial charge in [-0.05, 0) is 44.3 Å². The molecule has 1 aliphatic rings. The largest absolute Gasteiger partial charge is 0.454 e. The Balaban J connectivity index is 1.56. The number of nitrogens with one attached hydrogen (secondary N) is 2. The monoisotopic (exact) mass is 368 g/mol. The Labute approximate surface area is 161 Å². The van der Waals surface area contributed by atoms with Crippen LogP contribution in [0.3, 0.4) is 0 Å². The van der Waals surface area contributed by atoms with Crippen LogP contribution in [0.4, 0.5) is 0 Å². The molecule has 1 heterocycles. The summed E-state index contributed by atoms with van der Waals surface area (Å²) in [4.78, 5) is 6.55. The van der Waals surface area contributed by atoms with Gasteiger partial charge in [-0.3, -0.25) is 4.99 Å². The van der Waals surface area contributed by atoms with Gasteiger partial charge in [-0.25, -0.2) is 0 Å². The van der Waals surface area contributed by atoms with Crippen LogP contribution in [0.25, 0.3) is 0 Å². The Morgan fingerprint density at radius 2 is 1.81 bits per heavy atom. The van der Waals surface area contributed by atoms with E-state index in [0.717, 1.165) is 29.6 Å². The van der Waals surface area contributed by atoms with Gasteiger partial charge in [-0.1, -0.05) is 35.9 Å². The molecular weight excluding hydrogens is 340 g/mol. The van der Waals surface area contributed by atoms with Gasteiger partial charge in [-0.2, -0.15) is 0 Å². The van der Waals surface area contributed by atoms with Gasteiger partial charge in [0.2, 0.25) is 6.79 Å². The quantitative estimate of drug-likeness (QED) is 0.606. The maximum absolute atomic E-state index is 5.43. The molecule has 144 valence electrons. The van der Waals surface area contributed by atoms with Gasteiger partial charge in [-0.15, -0.1) is 0 Å². The molecule has 1 aliphatic heterocycles. The van der Waals surface area contributed by atoms with Gasteiger partial charge in [0.25, 0.3) is 0 Å². The van der Waals surface area contributed by atoms with E-state index in [1.807, 2.05) is 18.2 Å². The highest BCUT2D eigenvalue weighted by atomic mass is 16.7. The number of aliphatic imine (C=N–C) groups is 1. The summed E-state index contributed by atoms with van der Waals surface area (Å²) in [6, 6.07) is 14.9. The number of likely N-dealkylation sites (N-methyl/N-ethyl adjacent to an activating group) is 1. The van der Waals surface area contributed by atoms with E-state index in [0.29, 0.717) is 13.3 Å². The molecule has 6 nitrogen and oxygen atoms in total. The first kappa shape index (κ1) is 19.0. The molecular formula is C21H28N4O2. The number of benzene rings is 2. The summed E-state index contributed by atoms with van der Waals surface area (Å²) in [7, 11) is 5.97. The van der Waals surface area contributed by atoms with Crippen LogP contribution in [-0.2, 0) is 6.54 Å². The zero-order chi connectivity index (χ0) is 19.2. The molecule has 0 fully saturated rings. The van der Waals surface area contributed by atoms with Gasteiger partial charge in [0.15, 0.2) is 17.5 Å². The average molecular weight is 368 g/mol. The molecule has 0 aromatic heterocycles. The zero-order valence-corrected chi connectivity index (χ0v) is 16.5. The first-order chi connectivity index (χ1) is 13.1. The molecule has 2 aromatic carbocycles. The van der Waals surface area contributed by atoms with E-state index < -0.39 is 0 Å². The molecule has 0 aliphatic carbocycles. The van der Waals surface area contributed by atoms with Crippen LogP contribution in [0.2, 0.25) is 0 Å². The first-order valence-corrected chi connectivity index (χ1v) is 9.13. The fourth-order valence-electron chi connectivity index (χ4n) is 3.04. The molecule has 2 aromatic rings. The summed E-state index contributed by atoms with van der Waals surface area (Å²) in [5.41, 5.74) is 3.67. The van der Waals surface area contributed by atoms with Crippen molar-refractivity contribution < 1.29 is 9.47 Å². The molecule has 0 amide bonds. The summed E-state index contributed by atoms with van der Waals surface area (Å²) in [6.45, 7) is 3.82. The lowest BCUT2D eigenvalue weighted by Gasteiger charge is -2.26. The second-order valence-corrected chi connectivity index (χ2v) is 6.88. The maximum atomic E-state index is 5.43. The van der Waals surface area contributed by atoms with Crippen LogP contribution < -0.4 is 20.1 Å². The molecule has 0 bridgehead atoms. The first-order valence-electron chi connectivity index (χ1n) is 9.13. The van der Waals surface area contributed by atoms with Gasteiger partial charge in [0.05, 0.1) is 6.04 Å². The zero-order valence-electron chi connectivity index (χ0n) is 16.5. The second-order valence-electron chi connectivity index (χ2n) is 6.88. The molecule has 0 saturated carbocycles. The number of hydrogen-bond donors (Lipinski definition) is 2. The fraction of sp³-hybridized carbons (Fsp3) is 0.381. The SMILES string of the molecule is CN=C(NCc1ccc2c(c1)OCO2)NCC(c1ccc(C)cc1)N(C)C. The van der Waals surface area contributed by atoms with Crippen molar-refractivity contribution in [3.05, 3.63) is 59.2 Å². The minimum atomic E-state index is 0.259. The summed E-state index contributed by atoms with van der Waals surface area (Å²) < 4.78 is 10.8. The number of fused-ring (bicyclic) bond motifs is 1. The van der Waals surface area contributed by atoms with Crippen LogP contribution >= 0.6 is 0 Å². The summed E-state index contributed by atoms with van der Waals surface area (Å²) in [6.07, 6.45) is 0. The molecule has 0 spiro atoms. The Kier molecular flexibility index (Phi) is 6.19. The Morgan fingerprint density at radius 1 is 1.07 bits per heavy atom. The van der Waals surface area contributed by atoms with Gasteiger partial charge < -0.3 is 25.0 Å². The molecule has 27 heavy (non-hydrogen) atoms. The lowest BCUT2D eigenvalue weighted by atomic mass is 10.0. The third-order valence-corrected chi connectivity index (χ3v) is 4.67. The molecule has 0 radical (unpaired) electrons. The van der Waals surface area contributed by atoms with E-state index in [4.69, 9.17) is 9.47 Å². The molecule has 6 heteroatoms. The number of nitrogens with zero attached hydrogens (tertiary/aromatic N) is 2. The highest BCUT2D eigenvalue weighted by Crippen LogP contribution is 2.32. The normalized spacial score (nSPS) is 14.3. The molecule has 0 saturated heterocycles. The van der Waals surface area contributed by atoms with Crippen molar-refractivity contribution in [1.82, 2.24) is 15.5 Å². The third kappa shape index (κ3) is 4.92. The Bertz CT molecular complexity index is 787. The van der Waals surface area contributed by atoms with Crippen LogP contribution in [0.15, 0.2) is 47.5 Å². The van der Waals surface area contributed by atoms with Crippen molar-refractivity contribution >= 4 is 5.96 Å². The van der Waals surface area contributed by atoms with Crippen molar-refractivity contribution in [3.63, 3.8) is 0 Å². The van der Waals surface area contributed by atoms with E-state index in [2.05, 4.69) is 65.8 Å². The number of guanidine groups is 1. The number of hydrogen-bond acceptors (Lipinski definition) is 4. The van der Waals surface area contributed by atoms with Crippen LogP contribution in [0.5, 0.6) is 11.5 Å². The predicted octanol–water partition coefficient (Wildman–Crippen LogP) is 2.69. The topological polar surface area (TPSA) is 58.1 Å². The fourth-order valence-corrected chi connectivity index (χ4v) is 3.04. The average Bonchev–Trinajstić information content (AvgIpc) is 3.13. The highest BCUT2D eigenvalue weighted by molar-refractivity contribution is 5.79. The van der Waals surface area contributed by atoms with Crippen molar-refractivity contribution in [1.29, 1.82) is 0 Å². The lowest BCUT2D eigenvalue weighted by molar-refractivity contribution is 0.174. The standard InChI is InChI=1S/C21H28N4O2/c1-15-5-8-17(9-6-15)18(25(3)4)13-24-21(22-2)23-12-16-7-10-19-20(11-16)27-14-26-19/h5-11,18H,12-14H2,1-4H3,(H2,22,23,24). The molecule has 2 N–H and O–H groups in total. The van der Waals surface area contributed by atoms with E-state index in [-0.39, 0.29) is 6.04 Å². The lowest BCUT2D eigenvalue weighted by Crippen LogP contribution is -2.41. The summed E-state index contributed by atoms with van der Waals surface area (Å²) >= 11 is 0.